The summed E-state index contributed by atoms with van der Waals surface area (Å²) in [6.07, 6.45) is 1.65. The van der Waals surface area contributed by atoms with Gasteiger partial charge >= 0.3 is 0 Å². The highest BCUT2D eigenvalue weighted by atomic mass is 16.5. The van der Waals surface area contributed by atoms with Gasteiger partial charge in [0.1, 0.15) is 17.4 Å². The second kappa shape index (κ2) is 9.08. The molecule has 0 atom stereocenters. The van der Waals surface area contributed by atoms with Gasteiger partial charge < -0.3 is 21.1 Å². The maximum atomic E-state index is 13.0. The number of nitrogen functional groups attached to an aromatic ring is 1. The third kappa shape index (κ3) is 5.05. The van der Waals surface area contributed by atoms with E-state index in [4.69, 9.17) is 15.9 Å². The molecular weight excluding hydrogens is 394 g/mol. The Balaban J connectivity index is 1.92. The summed E-state index contributed by atoms with van der Waals surface area (Å²) in [5.74, 6) is -0.194. The Labute approximate surface area is 180 Å². The van der Waals surface area contributed by atoms with Crippen molar-refractivity contribution in [2.24, 2.45) is 5.73 Å². The number of nitrogens with one attached hydrogen (secondary N) is 3. The van der Waals surface area contributed by atoms with Gasteiger partial charge in [-0.3, -0.25) is 15.0 Å². The molecule has 3 aromatic rings. The molecule has 0 aliphatic carbocycles. The molecule has 1 aromatic heterocycles. The van der Waals surface area contributed by atoms with Gasteiger partial charge in [-0.25, -0.2) is 4.98 Å². The van der Waals surface area contributed by atoms with Crippen LogP contribution < -0.4 is 21.1 Å². The Morgan fingerprint density at radius 3 is 2.19 bits per heavy atom. The zero-order valence-corrected chi connectivity index (χ0v) is 17.4. The SMILES string of the molecule is COc1cc(C)cc(C(=O)Nc2ccc(C)cn2)c1NC(=O)c1ccc(C(=N)N)cc1. The fraction of sp³-hybridized carbons (Fsp3) is 0.130. The number of pyridine rings is 1. The minimum atomic E-state index is -0.431. The minimum absolute atomic E-state index is 0.0872. The van der Waals surface area contributed by atoms with Crippen LogP contribution in [0.2, 0.25) is 0 Å². The molecule has 0 spiro atoms. The Kier molecular flexibility index (Phi) is 6.30. The van der Waals surface area contributed by atoms with Crippen LogP contribution in [0.5, 0.6) is 5.75 Å². The molecule has 158 valence electrons. The Hall–Kier alpha value is -4.20. The van der Waals surface area contributed by atoms with Crippen molar-refractivity contribution in [1.82, 2.24) is 4.98 Å². The standard InChI is InChI=1S/C23H23N5O3/c1-13-4-9-19(26-12-13)27-23(30)17-10-14(2)11-18(31-3)20(17)28-22(29)16-7-5-15(6-8-16)21(24)25/h4-12H,1-3H3,(H3,24,25)(H,28,29)(H,26,27,30). The van der Waals surface area contributed by atoms with Crippen molar-refractivity contribution in [2.45, 2.75) is 13.8 Å². The first kappa shape index (κ1) is 21.5. The molecule has 0 fully saturated rings. The highest BCUT2D eigenvalue weighted by Crippen LogP contribution is 2.31. The predicted molar refractivity (Wildman–Crippen MR) is 120 cm³/mol. The number of nitrogens with two attached hydrogens (primary N) is 1. The van der Waals surface area contributed by atoms with Crippen molar-refractivity contribution in [3.8, 4) is 5.75 Å². The number of aromatic nitrogens is 1. The van der Waals surface area contributed by atoms with Gasteiger partial charge in [0.25, 0.3) is 11.8 Å². The van der Waals surface area contributed by atoms with Crippen molar-refractivity contribution in [3.63, 3.8) is 0 Å². The van der Waals surface area contributed by atoms with E-state index < -0.39 is 11.8 Å². The second-order valence-corrected chi connectivity index (χ2v) is 7.01. The number of carbonyl (C=O) groups is 2. The maximum absolute atomic E-state index is 13.0. The summed E-state index contributed by atoms with van der Waals surface area (Å²) >= 11 is 0. The average molecular weight is 417 g/mol. The van der Waals surface area contributed by atoms with E-state index in [-0.39, 0.29) is 17.1 Å². The molecule has 8 heteroatoms. The molecule has 0 bridgehead atoms. The summed E-state index contributed by atoms with van der Waals surface area (Å²) in [5, 5.41) is 13.0. The number of anilines is 2. The number of nitrogens with zero attached hydrogens (tertiary/aromatic N) is 1. The number of methoxy groups -OCH3 is 1. The van der Waals surface area contributed by atoms with Crippen LogP contribution in [0, 0.1) is 19.3 Å². The maximum Gasteiger partial charge on any atom is 0.259 e. The molecule has 8 nitrogen and oxygen atoms in total. The topological polar surface area (TPSA) is 130 Å². The Morgan fingerprint density at radius 2 is 1.61 bits per heavy atom. The second-order valence-electron chi connectivity index (χ2n) is 7.01. The summed E-state index contributed by atoms with van der Waals surface area (Å²) in [4.78, 5) is 30.0. The highest BCUT2D eigenvalue weighted by molar-refractivity contribution is 6.13. The zero-order valence-electron chi connectivity index (χ0n) is 17.4. The van der Waals surface area contributed by atoms with Crippen molar-refractivity contribution < 1.29 is 14.3 Å². The van der Waals surface area contributed by atoms with E-state index in [2.05, 4.69) is 15.6 Å². The van der Waals surface area contributed by atoms with Crippen molar-refractivity contribution >= 4 is 29.2 Å². The van der Waals surface area contributed by atoms with Crippen molar-refractivity contribution in [3.05, 3.63) is 82.5 Å². The molecule has 31 heavy (non-hydrogen) atoms. The lowest BCUT2D eigenvalue weighted by Gasteiger charge is -2.16. The van der Waals surface area contributed by atoms with E-state index in [9.17, 15) is 9.59 Å². The lowest BCUT2D eigenvalue weighted by Crippen LogP contribution is -2.20. The van der Waals surface area contributed by atoms with Crippen LogP contribution in [-0.2, 0) is 0 Å². The zero-order chi connectivity index (χ0) is 22.5. The molecule has 0 aliphatic heterocycles. The Bertz CT molecular complexity index is 1140. The lowest BCUT2D eigenvalue weighted by atomic mass is 10.1. The fourth-order valence-electron chi connectivity index (χ4n) is 2.93. The number of rotatable bonds is 6. The molecule has 3 rings (SSSR count). The van der Waals surface area contributed by atoms with E-state index in [1.54, 1.807) is 48.7 Å². The molecule has 1 heterocycles. The molecule has 0 saturated carbocycles. The van der Waals surface area contributed by atoms with Crippen molar-refractivity contribution in [1.29, 1.82) is 5.41 Å². The summed E-state index contributed by atoms with van der Waals surface area (Å²) in [5.41, 5.74) is 8.57. The summed E-state index contributed by atoms with van der Waals surface area (Å²) < 4.78 is 5.42. The normalized spacial score (nSPS) is 10.3. The van der Waals surface area contributed by atoms with Gasteiger partial charge in [-0.1, -0.05) is 18.2 Å². The fourth-order valence-corrected chi connectivity index (χ4v) is 2.93. The molecule has 0 aliphatic rings. The van der Waals surface area contributed by atoms with Crippen LogP contribution in [0.3, 0.4) is 0 Å². The first-order valence-electron chi connectivity index (χ1n) is 9.47. The van der Waals surface area contributed by atoms with Gasteiger partial charge in [0.05, 0.1) is 18.4 Å². The third-order valence-electron chi connectivity index (χ3n) is 4.56. The molecule has 0 radical (unpaired) electrons. The van der Waals surface area contributed by atoms with Crippen molar-refractivity contribution in [2.75, 3.05) is 17.7 Å². The van der Waals surface area contributed by atoms with E-state index in [0.717, 1.165) is 11.1 Å². The van der Waals surface area contributed by atoms with E-state index in [0.29, 0.717) is 22.7 Å². The van der Waals surface area contributed by atoms with Crippen LogP contribution in [0.4, 0.5) is 11.5 Å². The largest absolute Gasteiger partial charge is 0.495 e. The molecule has 2 aromatic carbocycles. The quantitative estimate of drug-likeness (QED) is 0.360. The smallest absolute Gasteiger partial charge is 0.259 e. The number of hydrogen-bond donors (Lipinski definition) is 4. The molecule has 0 unspecified atom stereocenters. The van der Waals surface area contributed by atoms with E-state index >= 15 is 0 Å². The third-order valence-corrected chi connectivity index (χ3v) is 4.56. The van der Waals surface area contributed by atoms with Gasteiger partial charge in [0.2, 0.25) is 0 Å². The van der Waals surface area contributed by atoms with Crippen LogP contribution in [0.15, 0.2) is 54.7 Å². The van der Waals surface area contributed by atoms with E-state index in [1.165, 1.54) is 7.11 Å². The van der Waals surface area contributed by atoms with E-state index in [1.807, 2.05) is 19.9 Å². The summed E-state index contributed by atoms with van der Waals surface area (Å²) in [7, 11) is 1.47. The lowest BCUT2D eigenvalue weighted by molar-refractivity contribution is 0.102. The number of amides is 2. The minimum Gasteiger partial charge on any atom is -0.495 e. The number of benzene rings is 2. The molecule has 5 N–H and O–H groups in total. The molecule has 2 amide bonds. The van der Waals surface area contributed by atoms with Crippen LogP contribution in [-0.4, -0.2) is 29.7 Å². The number of ether oxygens (including phenoxy) is 1. The Morgan fingerprint density at radius 1 is 0.935 bits per heavy atom. The van der Waals surface area contributed by atoms with Gasteiger partial charge in [0, 0.05) is 17.3 Å². The van der Waals surface area contributed by atoms with Crippen LogP contribution in [0.1, 0.15) is 37.4 Å². The van der Waals surface area contributed by atoms with Gasteiger partial charge in [-0.2, -0.15) is 0 Å². The highest BCUT2D eigenvalue weighted by Gasteiger charge is 2.20. The molecule has 0 saturated heterocycles. The monoisotopic (exact) mass is 417 g/mol. The van der Waals surface area contributed by atoms with Crippen LogP contribution >= 0.6 is 0 Å². The van der Waals surface area contributed by atoms with Gasteiger partial charge in [0.15, 0.2) is 0 Å². The first-order chi connectivity index (χ1) is 14.8. The van der Waals surface area contributed by atoms with Gasteiger partial charge in [-0.15, -0.1) is 0 Å². The molecular formula is C23H23N5O3. The predicted octanol–water partition coefficient (Wildman–Crippen LogP) is 3.50. The summed E-state index contributed by atoms with van der Waals surface area (Å²) in [6.45, 7) is 3.73. The van der Waals surface area contributed by atoms with Crippen LogP contribution in [0.25, 0.3) is 0 Å². The first-order valence-corrected chi connectivity index (χ1v) is 9.47. The average Bonchev–Trinajstić information content (AvgIpc) is 2.76. The number of aryl methyl sites for hydroxylation is 2. The number of hydrogen-bond acceptors (Lipinski definition) is 5. The summed E-state index contributed by atoms with van der Waals surface area (Å²) in [6, 6.07) is 13.2. The number of amidine groups is 1. The number of carbonyl (C=O) groups excluding carboxylic acids is 2. The van der Waals surface area contributed by atoms with Gasteiger partial charge in [-0.05, 0) is 55.3 Å².